The number of hydrogen-bond donors (Lipinski definition) is 1. The molecule has 1 N–H and O–H groups in total. The monoisotopic (exact) mass is 234 g/mol. The topological polar surface area (TPSA) is 81.3 Å². The fraction of sp³-hybridized carbons (Fsp3) is 0.182. The van der Waals surface area contributed by atoms with Crippen LogP contribution in [0.5, 0.6) is 0 Å². The first-order chi connectivity index (χ1) is 7.95. The van der Waals surface area contributed by atoms with Crippen molar-refractivity contribution in [3.8, 4) is 0 Å². The summed E-state index contributed by atoms with van der Waals surface area (Å²) in [5.74, 6) is 0. The van der Waals surface area contributed by atoms with Gasteiger partial charge in [-0.3, -0.25) is 9.36 Å². The van der Waals surface area contributed by atoms with Crippen LogP contribution < -0.4 is 11.2 Å². The van der Waals surface area contributed by atoms with Gasteiger partial charge in [-0.25, -0.2) is 9.59 Å². The van der Waals surface area contributed by atoms with Crippen LogP contribution in [-0.4, -0.2) is 20.3 Å². The highest BCUT2D eigenvalue weighted by Gasteiger charge is 2.16. The fourth-order valence-electron chi connectivity index (χ4n) is 1.90. The van der Waals surface area contributed by atoms with E-state index in [9.17, 15) is 14.4 Å². The van der Waals surface area contributed by atoms with E-state index in [0.29, 0.717) is 5.52 Å². The lowest BCUT2D eigenvalue weighted by Crippen LogP contribution is -2.42. The molecule has 2 rings (SSSR count). The molecule has 1 aromatic heterocycles. The Morgan fingerprint density at radius 2 is 1.94 bits per heavy atom. The van der Waals surface area contributed by atoms with Crippen LogP contribution in [0.1, 0.15) is 5.56 Å². The highest BCUT2D eigenvalue weighted by Crippen LogP contribution is 2.11. The Hall–Kier alpha value is -2.37. The van der Waals surface area contributed by atoms with Crippen LogP contribution in [0.15, 0.2) is 27.8 Å². The summed E-state index contributed by atoms with van der Waals surface area (Å²) >= 11 is 0. The van der Waals surface area contributed by atoms with E-state index in [2.05, 4.69) is 0 Å². The number of carboxylic acid groups (broad SMARTS) is 1. The molecule has 0 bridgehead atoms. The van der Waals surface area contributed by atoms with Gasteiger partial charge in [-0.15, -0.1) is 0 Å². The highest BCUT2D eigenvalue weighted by molar-refractivity contribution is 5.83. The van der Waals surface area contributed by atoms with Crippen LogP contribution in [0.3, 0.4) is 0 Å². The number of nitrogens with zero attached hydrogens (tertiary/aromatic N) is 2. The third-order valence-corrected chi connectivity index (χ3v) is 2.68. The molecule has 0 aliphatic carbocycles. The molecule has 0 aliphatic heterocycles. The molecule has 0 amide bonds. The van der Waals surface area contributed by atoms with Gasteiger partial charge in [0.05, 0.1) is 10.9 Å². The Kier molecular flexibility index (Phi) is 2.35. The van der Waals surface area contributed by atoms with E-state index >= 15 is 0 Å². The van der Waals surface area contributed by atoms with Gasteiger partial charge in [0, 0.05) is 7.05 Å². The number of hydrogen-bond acceptors (Lipinski definition) is 3. The van der Waals surface area contributed by atoms with Crippen molar-refractivity contribution in [3.63, 3.8) is 0 Å². The number of rotatable bonds is 0. The molecule has 0 unspecified atom stereocenters. The number of benzene rings is 1. The number of para-hydroxylation sites is 1. The lowest BCUT2D eigenvalue weighted by molar-refractivity contribution is 0.193. The van der Waals surface area contributed by atoms with E-state index in [-0.39, 0.29) is 9.95 Å². The van der Waals surface area contributed by atoms with Crippen molar-refractivity contribution in [1.29, 1.82) is 0 Å². The largest absolute Gasteiger partial charge is 0.464 e. The molecule has 17 heavy (non-hydrogen) atoms. The van der Waals surface area contributed by atoms with Gasteiger partial charge in [-0.2, -0.15) is 4.57 Å². The molecule has 1 heterocycles. The smallest absolute Gasteiger partial charge is 0.422 e. The molecule has 2 aromatic rings. The molecule has 6 heteroatoms. The molecule has 88 valence electrons. The van der Waals surface area contributed by atoms with Crippen LogP contribution in [0.2, 0.25) is 0 Å². The van der Waals surface area contributed by atoms with Crippen molar-refractivity contribution < 1.29 is 9.90 Å². The van der Waals surface area contributed by atoms with Crippen LogP contribution in [0.4, 0.5) is 4.79 Å². The van der Waals surface area contributed by atoms with Crippen molar-refractivity contribution in [2.75, 3.05) is 0 Å². The van der Waals surface area contributed by atoms with E-state index in [1.165, 1.54) is 17.7 Å². The predicted octanol–water partition coefficient (Wildman–Crippen LogP) is 0.535. The Labute approximate surface area is 95.3 Å². The van der Waals surface area contributed by atoms with Gasteiger partial charge >= 0.3 is 11.8 Å². The molecule has 0 saturated carbocycles. The van der Waals surface area contributed by atoms with Crippen molar-refractivity contribution in [1.82, 2.24) is 9.13 Å². The van der Waals surface area contributed by atoms with E-state index < -0.39 is 17.3 Å². The zero-order valence-corrected chi connectivity index (χ0v) is 9.30. The summed E-state index contributed by atoms with van der Waals surface area (Å²) in [4.78, 5) is 34.5. The number of aromatic nitrogens is 2. The molecular formula is C11H10N2O4. The minimum absolute atomic E-state index is 0.210. The molecular weight excluding hydrogens is 224 g/mol. The SMILES string of the molecule is Cc1cccc2c(=O)n(C(=O)O)c(=O)n(C)c12. The first kappa shape index (κ1) is 11.1. The maximum Gasteiger partial charge on any atom is 0.422 e. The second kappa shape index (κ2) is 3.58. The van der Waals surface area contributed by atoms with Crippen molar-refractivity contribution in [2.45, 2.75) is 6.92 Å². The molecule has 0 fully saturated rings. The molecule has 0 atom stereocenters. The van der Waals surface area contributed by atoms with Gasteiger partial charge in [0.2, 0.25) is 0 Å². The number of aryl methyl sites for hydroxylation is 2. The van der Waals surface area contributed by atoms with Gasteiger partial charge in [-0.05, 0) is 18.6 Å². The first-order valence-corrected chi connectivity index (χ1v) is 4.90. The zero-order valence-electron chi connectivity index (χ0n) is 9.30. The van der Waals surface area contributed by atoms with Crippen LogP contribution >= 0.6 is 0 Å². The van der Waals surface area contributed by atoms with E-state index in [1.807, 2.05) is 0 Å². The minimum atomic E-state index is -1.57. The summed E-state index contributed by atoms with van der Waals surface area (Å²) < 4.78 is 1.38. The highest BCUT2D eigenvalue weighted by atomic mass is 16.4. The van der Waals surface area contributed by atoms with Crippen molar-refractivity contribution in [2.24, 2.45) is 7.05 Å². The van der Waals surface area contributed by atoms with Gasteiger partial charge in [0.25, 0.3) is 5.56 Å². The Morgan fingerprint density at radius 1 is 1.29 bits per heavy atom. The summed E-state index contributed by atoms with van der Waals surface area (Å²) in [6.07, 6.45) is -1.57. The average Bonchev–Trinajstić information content (AvgIpc) is 2.25. The second-order valence-electron chi connectivity index (χ2n) is 3.74. The molecule has 0 aliphatic rings. The quantitative estimate of drug-likeness (QED) is 0.721. The molecule has 6 nitrogen and oxygen atoms in total. The average molecular weight is 234 g/mol. The lowest BCUT2D eigenvalue weighted by Gasteiger charge is -2.09. The maximum atomic E-state index is 11.9. The number of fused-ring (bicyclic) bond motifs is 1. The van der Waals surface area contributed by atoms with Gasteiger partial charge in [-0.1, -0.05) is 12.1 Å². The number of carbonyl (C=O) groups is 1. The molecule has 1 aromatic carbocycles. The normalized spacial score (nSPS) is 10.7. The Morgan fingerprint density at radius 3 is 2.53 bits per heavy atom. The van der Waals surface area contributed by atoms with Gasteiger partial charge < -0.3 is 5.11 Å². The van der Waals surface area contributed by atoms with E-state index in [0.717, 1.165) is 5.56 Å². The standard InChI is InChI=1S/C11H10N2O4/c1-6-4-3-5-7-8(6)12(2)10(15)13(9(7)14)11(16)17/h3-5H,1-2H3,(H,16,17). The Balaban J connectivity index is 3.18. The van der Waals surface area contributed by atoms with Gasteiger partial charge in [0.1, 0.15) is 0 Å². The van der Waals surface area contributed by atoms with Crippen LogP contribution in [0.25, 0.3) is 10.9 Å². The second-order valence-corrected chi connectivity index (χ2v) is 3.74. The third kappa shape index (κ3) is 1.45. The maximum absolute atomic E-state index is 11.9. The first-order valence-electron chi connectivity index (χ1n) is 4.90. The molecule has 0 radical (unpaired) electrons. The van der Waals surface area contributed by atoms with Crippen LogP contribution in [0, 0.1) is 6.92 Å². The molecule has 0 saturated heterocycles. The minimum Gasteiger partial charge on any atom is -0.464 e. The van der Waals surface area contributed by atoms with Crippen molar-refractivity contribution >= 4 is 17.0 Å². The summed E-state index contributed by atoms with van der Waals surface area (Å²) in [7, 11) is 1.44. The Bertz CT molecular complexity index is 739. The summed E-state index contributed by atoms with van der Waals surface area (Å²) in [6.45, 7) is 1.76. The van der Waals surface area contributed by atoms with Gasteiger partial charge in [0.15, 0.2) is 0 Å². The lowest BCUT2D eigenvalue weighted by atomic mass is 10.1. The zero-order chi connectivity index (χ0) is 12.7. The van der Waals surface area contributed by atoms with Crippen molar-refractivity contribution in [3.05, 3.63) is 44.6 Å². The fourth-order valence-corrected chi connectivity index (χ4v) is 1.90. The summed E-state index contributed by atoms with van der Waals surface area (Å²) in [5, 5.41) is 9.07. The predicted molar refractivity (Wildman–Crippen MR) is 61.6 cm³/mol. The van der Waals surface area contributed by atoms with Crippen LogP contribution in [-0.2, 0) is 7.05 Å². The van der Waals surface area contributed by atoms with E-state index in [1.54, 1.807) is 19.1 Å². The summed E-state index contributed by atoms with van der Waals surface area (Å²) in [6, 6.07) is 4.91. The molecule has 0 spiro atoms. The van der Waals surface area contributed by atoms with E-state index in [4.69, 9.17) is 5.11 Å². The summed E-state index contributed by atoms with van der Waals surface area (Å²) in [5.41, 5.74) is -0.458. The third-order valence-electron chi connectivity index (χ3n) is 2.68.